The normalized spacial score (nSPS) is 17.0. The van der Waals surface area contributed by atoms with Crippen LogP contribution in [-0.2, 0) is 12.8 Å². The van der Waals surface area contributed by atoms with Crippen molar-refractivity contribution in [2.75, 3.05) is 13.7 Å². The van der Waals surface area contributed by atoms with E-state index in [4.69, 9.17) is 16.3 Å². The van der Waals surface area contributed by atoms with Crippen molar-refractivity contribution in [3.05, 3.63) is 63.8 Å². The molecule has 2 N–H and O–H groups in total. The van der Waals surface area contributed by atoms with E-state index in [0.717, 1.165) is 35.7 Å². The van der Waals surface area contributed by atoms with Gasteiger partial charge in [0.15, 0.2) is 0 Å². The Bertz CT molecular complexity index is 900. The fourth-order valence-electron chi connectivity index (χ4n) is 3.69. The molecule has 1 unspecified atom stereocenters. The Labute approximate surface area is 147 Å². The summed E-state index contributed by atoms with van der Waals surface area (Å²) >= 11 is 6.21. The van der Waals surface area contributed by atoms with Gasteiger partial charge in [-0.25, -0.2) is 0 Å². The van der Waals surface area contributed by atoms with Crippen LogP contribution in [0.5, 0.6) is 5.75 Å². The molecule has 0 fully saturated rings. The maximum absolute atomic E-state index is 6.21. The molecule has 0 saturated heterocycles. The number of halogens is 1. The minimum absolute atomic E-state index is 0.112. The van der Waals surface area contributed by atoms with Crippen LogP contribution in [0.2, 0.25) is 5.02 Å². The molecular formula is C20H21ClN2O. The van der Waals surface area contributed by atoms with Gasteiger partial charge in [-0.3, -0.25) is 0 Å². The molecule has 2 heterocycles. The quantitative estimate of drug-likeness (QED) is 0.729. The molecule has 124 valence electrons. The standard InChI is InChI=1S/C20H21ClN2O/c1-3-12-4-7-18(24-2)16(10-12)19-20-14(8-9-22-19)15-11-13(21)5-6-17(15)23-20/h4-7,10-11,19,22-23H,3,8-9H2,1-2H3. The number of nitrogens with one attached hydrogen (secondary N) is 2. The zero-order valence-electron chi connectivity index (χ0n) is 13.9. The monoisotopic (exact) mass is 340 g/mol. The van der Waals surface area contributed by atoms with E-state index in [1.165, 1.54) is 27.8 Å². The number of aryl methyl sites for hydroxylation is 1. The van der Waals surface area contributed by atoms with E-state index in [0.29, 0.717) is 0 Å². The Balaban J connectivity index is 1.89. The van der Waals surface area contributed by atoms with Gasteiger partial charge in [0.25, 0.3) is 0 Å². The number of hydrogen-bond acceptors (Lipinski definition) is 2. The fraction of sp³-hybridized carbons (Fsp3) is 0.300. The lowest BCUT2D eigenvalue weighted by Gasteiger charge is -2.26. The molecule has 4 heteroatoms. The molecule has 1 aliphatic rings. The second-order valence-corrected chi connectivity index (χ2v) is 6.71. The topological polar surface area (TPSA) is 37.0 Å². The summed E-state index contributed by atoms with van der Waals surface area (Å²) in [5.74, 6) is 0.925. The Hall–Kier alpha value is -1.97. The van der Waals surface area contributed by atoms with Gasteiger partial charge in [-0.2, -0.15) is 0 Å². The van der Waals surface area contributed by atoms with Gasteiger partial charge in [0, 0.05) is 33.7 Å². The summed E-state index contributed by atoms with van der Waals surface area (Å²) in [6.07, 6.45) is 2.01. The van der Waals surface area contributed by atoms with Crippen molar-refractivity contribution in [1.82, 2.24) is 10.3 Å². The average Bonchev–Trinajstić information content (AvgIpc) is 2.99. The molecular weight excluding hydrogens is 320 g/mol. The fourth-order valence-corrected chi connectivity index (χ4v) is 3.87. The third kappa shape index (κ3) is 2.48. The molecule has 0 bridgehead atoms. The highest BCUT2D eigenvalue weighted by molar-refractivity contribution is 6.31. The minimum atomic E-state index is 0.112. The van der Waals surface area contributed by atoms with Gasteiger partial charge >= 0.3 is 0 Å². The van der Waals surface area contributed by atoms with Crippen molar-refractivity contribution >= 4 is 22.5 Å². The van der Waals surface area contributed by atoms with Gasteiger partial charge in [0.1, 0.15) is 5.75 Å². The van der Waals surface area contributed by atoms with E-state index in [-0.39, 0.29) is 6.04 Å². The van der Waals surface area contributed by atoms with Gasteiger partial charge in [-0.15, -0.1) is 0 Å². The second-order valence-electron chi connectivity index (χ2n) is 6.27. The summed E-state index contributed by atoms with van der Waals surface area (Å²) < 4.78 is 5.63. The van der Waals surface area contributed by atoms with Crippen LogP contribution in [0, 0.1) is 0 Å². The summed E-state index contributed by atoms with van der Waals surface area (Å²) in [7, 11) is 1.74. The number of benzene rings is 2. The number of aromatic nitrogens is 1. The number of methoxy groups -OCH3 is 1. The summed E-state index contributed by atoms with van der Waals surface area (Å²) in [5.41, 5.74) is 6.24. The highest BCUT2D eigenvalue weighted by atomic mass is 35.5. The summed E-state index contributed by atoms with van der Waals surface area (Å²) in [6.45, 7) is 3.12. The van der Waals surface area contributed by atoms with Gasteiger partial charge in [-0.05, 0) is 48.2 Å². The van der Waals surface area contributed by atoms with Crippen LogP contribution in [0.15, 0.2) is 36.4 Å². The number of fused-ring (bicyclic) bond motifs is 3. The first-order chi connectivity index (χ1) is 11.7. The van der Waals surface area contributed by atoms with Crippen molar-refractivity contribution in [2.24, 2.45) is 0 Å². The zero-order valence-corrected chi connectivity index (χ0v) is 14.7. The molecule has 0 saturated carbocycles. The molecule has 4 rings (SSSR count). The van der Waals surface area contributed by atoms with Gasteiger partial charge in [-0.1, -0.05) is 30.7 Å². The SMILES string of the molecule is CCc1ccc(OC)c(C2NCCc3c2[nH]c2ccc(Cl)cc32)c1. The highest BCUT2D eigenvalue weighted by Crippen LogP contribution is 2.38. The zero-order chi connectivity index (χ0) is 16.7. The molecule has 2 aromatic carbocycles. The lowest BCUT2D eigenvalue weighted by molar-refractivity contribution is 0.401. The third-order valence-electron chi connectivity index (χ3n) is 4.93. The number of aromatic amines is 1. The number of rotatable bonds is 3. The van der Waals surface area contributed by atoms with Gasteiger partial charge in [0.2, 0.25) is 0 Å². The van der Waals surface area contributed by atoms with E-state index in [1.54, 1.807) is 7.11 Å². The molecule has 1 aliphatic heterocycles. The van der Waals surface area contributed by atoms with Crippen molar-refractivity contribution in [3.8, 4) is 5.75 Å². The van der Waals surface area contributed by atoms with E-state index in [9.17, 15) is 0 Å². The predicted octanol–water partition coefficient (Wildman–Crippen LogP) is 4.63. The molecule has 24 heavy (non-hydrogen) atoms. The summed E-state index contributed by atoms with van der Waals surface area (Å²) in [6, 6.07) is 12.6. The molecule has 0 spiro atoms. The summed E-state index contributed by atoms with van der Waals surface area (Å²) in [4.78, 5) is 3.60. The van der Waals surface area contributed by atoms with Crippen LogP contribution in [0.1, 0.15) is 35.3 Å². The maximum atomic E-state index is 6.21. The van der Waals surface area contributed by atoms with Crippen molar-refractivity contribution in [1.29, 1.82) is 0 Å². The van der Waals surface area contributed by atoms with Crippen LogP contribution < -0.4 is 10.1 Å². The maximum Gasteiger partial charge on any atom is 0.124 e. The second kappa shape index (κ2) is 6.15. The van der Waals surface area contributed by atoms with Crippen LogP contribution in [-0.4, -0.2) is 18.6 Å². The van der Waals surface area contributed by atoms with E-state index >= 15 is 0 Å². The van der Waals surface area contributed by atoms with Crippen molar-refractivity contribution in [3.63, 3.8) is 0 Å². The first-order valence-corrected chi connectivity index (χ1v) is 8.79. The Morgan fingerprint density at radius 2 is 2.08 bits per heavy atom. The van der Waals surface area contributed by atoms with E-state index in [2.05, 4.69) is 47.6 Å². The third-order valence-corrected chi connectivity index (χ3v) is 5.16. The van der Waals surface area contributed by atoms with Crippen LogP contribution in [0.3, 0.4) is 0 Å². The lowest BCUT2D eigenvalue weighted by atomic mass is 9.92. The van der Waals surface area contributed by atoms with Gasteiger partial charge < -0.3 is 15.0 Å². The van der Waals surface area contributed by atoms with Crippen molar-refractivity contribution < 1.29 is 4.74 Å². The molecule has 0 radical (unpaired) electrons. The van der Waals surface area contributed by atoms with Gasteiger partial charge in [0.05, 0.1) is 13.2 Å². The Morgan fingerprint density at radius 1 is 1.21 bits per heavy atom. The smallest absolute Gasteiger partial charge is 0.124 e. The van der Waals surface area contributed by atoms with Crippen LogP contribution >= 0.6 is 11.6 Å². The number of ether oxygens (including phenoxy) is 1. The van der Waals surface area contributed by atoms with Crippen LogP contribution in [0.4, 0.5) is 0 Å². The molecule has 0 amide bonds. The molecule has 1 aromatic heterocycles. The molecule has 3 nitrogen and oxygen atoms in total. The molecule has 0 aliphatic carbocycles. The van der Waals surface area contributed by atoms with Crippen molar-refractivity contribution in [2.45, 2.75) is 25.8 Å². The highest BCUT2D eigenvalue weighted by Gasteiger charge is 2.27. The predicted molar refractivity (Wildman–Crippen MR) is 99.2 cm³/mol. The first-order valence-electron chi connectivity index (χ1n) is 8.41. The van der Waals surface area contributed by atoms with Crippen LogP contribution in [0.25, 0.3) is 10.9 Å². The molecule has 1 atom stereocenters. The lowest BCUT2D eigenvalue weighted by Crippen LogP contribution is -2.30. The largest absolute Gasteiger partial charge is 0.496 e. The Kier molecular flexibility index (Phi) is 3.99. The minimum Gasteiger partial charge on any atom is -0.496 e. The summed E-state index contributed by atoms with van der Waals surface area (Å²) in [5, 5.41) is 5.66. The molecule has 3 aromatic rings. The Morgan fingerprint density at radius 3 is 2.88 bits per heavy atom. The number of hydrogen-bond donors (Lipinski definition) is 2. The van der Waals surface area contributed by atoms with E-state index in [1.807, 2.05) is 6.07 Å². The van der Waals surface area contributed by atoms with E-state index < -0.39 is 0 Å². The number of H-pyrrole nitrogens is 1. The average molecular weight is 341 g/mol. The first kappa shape index (κ1) is 15.6.